The third kappa shape index (κ3) is 4.13. The van der Waals surface area contributed by atoms with E-state index in [-0.39, 0.29) is 10.5 Å². The second-order valence-corrected chi connectivity index (χ2v) is 11.3. The maximum absolute atomic E-state index is 12.9. The number of nitrogens with one attached hydrogen (secondary N) is 2. The van der Waals surface area contributed by atoms with Crippen LogP contribution in [0.2, 0.25) is 0 Å². The Morgan fingerprint density at radius 1 is 1.06 bits per heavy atom. The molecule has 2 saturated heterocycles. The average Bonchev–Trinajstić information content (AvgIpc) is 3.00. The number of urea groups is 1. The lowest BCUT2D eigenvalue weighted by Crippen LogP contribution is -2.51. The van der Waals surface area contributed by atoms with E-state index in [1.54, 1.807) is 0 Å². The molecule has 0 aromatic heterocycles. The van der Waals surface area contributed by atoms with Crippen LogP contribution in [0.25, 0.3) is 0 Å². The summed E-state index contributed by atoms with van der Waals surface area (Å²) in [5, 5.41) is 3.50. The van der Waals surface area contributed by atoms with Crippen molar-refractivity contribution in [1.29, 1.82) is 0 Å². The molecule has 1 aromatic rings. The number of hydrazine groups is 1. The van der Waals surface area contributed by atoms with Gasteiger partial charge in [-0.25, -0.2) is 13.2 Å². The van der Waals surface area contributed by atoms with Crippen LogP contribution in [0.4, 0.5) is 4.79 Å². The minimum atomic E-state index is -3.63. The first-order chi connectivity index (χ1) is 15.1. The lowest BCUT2D eigenvalue weighted by molar-refractivity contribution is -0.134. The van der Waals surface area contributed by atoms with E-state index in [1.165, 1.54) is 28.6 Å². The molecule has 174 valence electrons. The molecule has 1 aliphatic carbocycles. The Labute approximate surface area is 188 Å². The highest BCUT2D eigenvalue weighted by Gasteiger charge is 2.53. The molecule has 32 heavy (non-hydrogen) atoms. The van der Waals surface area contributed by atoms with Gasteiger partial charge in [-0.05, 0) is 74.6 Å². The van der Waals surface area contributed by atoms with Crippen LogP contribution >= 0.6 is 0 Å². The lowest BCUT2D eigenvalue weighted by atomic mass is 9.77. The van der Waals surface area contributed by atoms with Crippen LogP contribution in [0.15, 0.2) is 29.2 Å². The van der Waals surface area contributed by atoms with E-state index < -0.39 is 33.4 Å². The predicted octanol–water partition coefficient (Wildman–Crippen LogP) is 2.25. The largest absolute Gasteiger partial charge is 0.344 e. The minimum Gasteiger partial charge on any atom is -0.322 e. The Balaban J connectivity index is 1.44. The van der Waals surface area contributed by atoms with Crippen molar-refractivity contribution < 1.29 is 22.8 Å². The first kappa shape index (κ1) is 22.7. The van der Waals surface area contributed by atoms with Gasteiger partial charge in [-0.15, -0.1) is 0 Å². The van der Waals surface area contributed by atoms with Crippen LogP contribution in [-0.4, -0.2) is 54.2 Å². The van der Waals surface area contributed by atoms with Crippen LogP contribution in [0, 0.1) is 11.8 Å². The molecule has 3 fully saturated rings. The number of amides is 4. The molecule has 2 N–H and O–H groups in total. The van der Waals surface area contributed by atoms with Crippen LogP contribution < -0.4 is 10.7 Å². The highest BCUT2D eigenvalue weighted by atomic mass is 32.2. The van der Waals surface area contributed by atoms with E-state index in [4.69, 9.17) is 0 Å². The van der Waals surface area contributed by atoms with Crippen molar-refractivity contribution >= 4 is 27.9 Å². The number of nitrogens with zero attached hydrogens (tertiary/aromatic N) is 2. The summed E-state index contributed by atoms with van der Waals surface area (Å²) in [5.74, 6) is -0.285. The summed E-state index contributed by atoms with van der Waals surface area (Å²) in [6.07, 6.45) is 4.60. The van der Waals surface area contributed by atoms with E-state index >= 15 is 0 Å². The van der Waals surface area contributed by atoms with Gasteiger partial charge in [0.1, 0.15) is 5.54 Å². The molecule has 2 heterocycles. The summed E-state index contributed by atoms with van der Waals surface area (Å²) >= 11 is 0. The maximum atomic E-state index is 12.9. The molecule has 3 aliphatic rings. The molecular formula is C22H30N4O5S. The first-order valence-electron chi connectivity index (χ1n) is 11.2. The highest BCUT2D eigenvalue weighted by molar-refractivity contribution is 7.89. The van der Waals surface area contributed by atoms with E-state index in [9.17, 15) is 22.8 Å². The molecule has 1 aromatic carbocycles. The topological polar surface area (TPSA) is 116 Å². The number of hydrogen-bond donors (Lipinski definition) is 2. The monoisotopic (exact) mass is 462 g/mol. The number of imide groups is 1. The molecule has 0 bridgehead atoms. The summed E-state index contributed by atoms with van der Waals surface area (Å²) in [7, 11) is -3.63. The van der Waals surface area contributed by atoms with Crippen LogP contribution in [0.3, 0.4) is 0 Å². The summed E-state index contributed by atoms with van der Waals surface area (Å²) in [6.45, 7) is 5.12. The fourth-order valence-corrected chi connectivity index (χ4v) is 6.37. The number of hydrogen-bond acceptors (Lipinski definition) is 5. The molecule has 1 atom stereocenters. The molecule has 4 amide bonds. The molecule has 2 aliphatic heterocycles. The van der Waals surface area contributed by atoms with Crippen molar-refractivity contribution in [2.75, 3.05) is 13.1 Å². The van der Waals surface area contributed by atoms with E-state index in [2.05, 4.69) is 17.7 Å². The zero-order chi connectivity index (χ0) is 23.1. The first-order valence-corrected chi connectivity index (χ1v) is 12.6. The average molecular weight is 463 g/mol. The number of benzene rings is 1. The third-order valence-corrected chi connectivity index (χ3v) is 8.76. The van der Waals surface area contributed by atoms with Gasteiger partial charge in [0.2, 0.25) is 10.0 Å². The molecule has 4 rings (SSSR count). The number of piperidine rings is 1. The molecular weight excluding hydrogens is 432 g/mol. The number of carbonyl (C=O) groups is 3. The predicted molar refractivity (Wildman–Crippen MR) is 117 cm³/mol. The fourth-order valence-electron chi connectivity index (χ4n) is 4.77. The fraction of sp³-hybridized carbons (Fsp3) is 0.591. The number of carbonyl (C=O) groups excluding carboxylic acids is 3. The Kier molecular flexibility index (Phi) is 6.02. The summed E-state index contributed by atoms with van der Waals surface area (Å²) in [5.41, 5.74) is 1.60. The molecule has 10 heteroatoms. The summed E-state index contributed by atoms with van der Waals surface area (Å²) in [4.78, 5) is 38.1. The Bertz CT molecular complexity index is 1020. The standard InChI is InChI=1S/C22H30N4O5S/c1-15-9-11-22(12-10-15)20(28)26(21(29)23-22)24-19(27)17-5-7-18(8-6-17)32(30,31)25-13-3-4-16(2)14-25/h5-8,15-16H,3-4,9-14H2,1-2H3,(H,23,29)(H,24,27). The van der Waals surface area contributed by atoms with Gasteiger partial charge in [-0.3, -0.25) is 15.0 Å². The van der Waals surface area contributed by atoms with Gasteiger partial charge >= 0.3 is 6.03 Å². The molecule has 0 radical (unpaired) electrons. The van der Waals surface area contributed by atoms with Gasteiger partial charge in [-0.2, -0.15) is 9.31 Å². The molecule has 1 unspecified atom stereocenters. The second-order valence-electron chi connectivity index (χ2n) is 9.41. The maximum Gasteiger partial charge on any atom is 0.344 e. The third-order valence-electron chi connectivity index (χ3n) is 6.88. The van der Waals surface area contributed by atoms with Crippen molar-refractivity contribution in [3.05, 3.63) is 29.8 Å². The second kappa shape index (κ2) is 8.47. The van der Waals surface area contributed by atoms with Crippen molar-refractivity contribution in [3.63, 3.8) is 0 Å². The van der Waals surface area contributed by atoms with Crippen molar-refractivity contribution in [1.82, 2.24) is 20.1 Å². The quantitative estimate of drug-likeness (QED) is 0.666. The number of rotatable bonds is 4. The van der Waals surface area contributed by atoms with Crippen LogP contribution in [-0.2, 0) is 14.8 Å². The van der Waals surface area contributed by atoms with Crippen molar-refractivity contribution in [3.8, 4) is 0 Å². The van der Waals surface area contributed by atoms with Gasteiger partial charge in [0.15, 0.2) is 0 Å². The van der Waals surface area contributed by atoms with Crippen LogP contribution in [0.5, 0.6) is 0 Å². The van der Waals surface area contributed by atoms with E-state index in [0.29, 0.717) is 37.8 Å². The number of sulfonamides is 1. The van der Waals surface area contributed by atoms with Gasteiger partial charge in [0.25, 0.3) is 11.8 Å². The van der Waals surface area contributed by atoms with E-state index in [0.717, 1.165) is 30.7 Å². The van der Waals surface area contributed by atoms with E-state index in [1.807, 2.05) is 6.92 Å². The summed E-state index contributed by atoms with van der Waals surface area (Å²) < 4.78 is 27.3. The van der Waals surface area contributed by atoms with Crippen LogP contribution in [0.1, 0.15) is 62.7 Å². The van der Waals surface area contributed by atoms with Crippen molar-refractivity contribution in [2.24, 2.45) is 11.8 Å². The van der Waals surface area contributed by atoms with Gasteiger partial charge in [-0.1, -0.05) is 13.8 Å². The SMILES string of the molecule is CC1CCC2(CC1)NC(=O)N(NC(=O)c1ccc(S(=O)(=O)N3CCCC(C)C3)cc1)C2=O. The Hall–Kier alpha value is -2.46. The van der Waals surface area contributed by atoms with Gasteiger partial charge < -0.3 is 5.32 Å². The molecule has 1 spiro atoms. The summed E-state index contributed by atoms with van der Waals surface area (Å²) in [6, 6.07) is 4.92. The smallest absolute Gasteiger partial charge is 0.322 e. The van der Waals surface area contributed by atoms with Gasteiger partial charge in [0, 0.05) is 18.7 Å². The minimum absolute atomic E-state index is 0.119. The highest BCUT2D eigenvalue weighted by Crippen LogP contribution is 2.35. The molecule has 1 saturated carbocycles. The molecule has 9 nitrogen and oxygen atoms in total. The Morgan fingerprint density at radius 3 is 2.34 bits per heavy atom. The Morgan fingerprint density at radius 2 is 1.72 bits per heavy atom. The zero-order valence-electron chi connectivity index (χ0n) is 18.5. The van der Waals surface area contributed by atoms with Crippen molar-refractivity contribution in [2.45, 2.75) is 62.8 Å². The van der Waals surface area contributed by atoms with Gasteiger partial charge in [0.05, 0.1) is 4.90 Å². The zero-order valence-corrected chi connectivity index (χ0v) is 19.3. The lowest BCUT2D eigenvalue weighted by Gasteiger charge is -2.33. The normalized spacial score (nSPS) is 29.2.